The zero-order valence-electron chi connectivity index (χ0n) is 7.34. The average Bonchev–Trinajstić information content (AvgIpc) is 2.08. The monoisotopic (exact) mass is 176 g/mol. The van der Waals surface area contributed by atoms with Crippen LogP contribution in [0.4, 0.5) is 0 Å². The molecule has 12 heavy (non-hydrogen) atoms. The lowest BCUT2D eigenvalue weighted by atomic mass is 9.90. The van der Waals surface area contributed by atoms with E-state index in [0.29, 0.717) is 6.42 Å². The van der Waals surface area contributed by atoms with Crippen molar-refractivity contribution in [3.63, 3.8) is 0 Å². The van der Waals surface area contributed by atoms with Crippen molar-refractivity contribution < 1.29 is 20.1 Å². The second kappa shape index (κ2) is 3.70. The standard InChI is InChI=1S/C8H16O4/c1-3-5-6(9)4(2)7(10)8(11)12-5/h4-11H,3H2,1-2H3/t4-,5+,6-,7+,8?/m1/s1. The smallest absolute Gasteiger partial charge is 0.181 e. The van der Waals surface area contributed by atoms with Gasteiger partial charge in [-0.3, -0.25) is 0 Å². The summed E-state index contributed by atoms with van der Waals surface area (Å²) in [6, 6.07) is 0. The average molecular weight is 176 g/mol. The maximum atomic E-state index is 9.53. The predicted molar refractivity (Wildman–Crippen MR) is 42.3 cm³/mol. The van der Waals surface area contributed by atoms with Gasteiger partial charge < -0.3 is 20.1 Å². The third kappa shape index (κ3) is 1.61. The van der Waals surface area contributed by atoms with E-state index < -0.39 is 18.5 Å². The van der Waals surface area contributed by atoms with Crippen molar-refractivity contribution in [1.29, 1.82) is 0 Å². The lowest BCUT2D eigenvalue weighted by molar-refractivity contribution is -0.265. The van der Waals surface area contributed by atoms with Crippen molar-refractivity contribution in [2.45, 2.75) is 44.9 Å². The van der Waals surface area contributed by atoms with Crippen molar-refractivity contribution in [2.24, 2.45) is 5.92 Å². The highest BCUT2D eigenvalue weighted by molar-refractivity contribution is 4.85. The van der Waals surface area contributed by atoms with Crippen LogP contribution in [0.25, 0.3) is 0 Å². The Morgan fingerprint density at radius 3 is 2.25 bits per heavy atom. The summed E-state index contributed by atoms with van der Waals surface area (Å²) >= 11 is 0. The molecular weight excluding hydrogens is 160 g/mol. The maximum Gasteiger partial charge on any atom is 0.181 e. The first-order valence-electron chi connectivity index (χ1n) is 4.27. The highest BCUT2D eigenvalue weighted by Crippen LogP contribution is 2.25. The van der Waals surface area contributed by atoms with E-state index in [1.165, 1.54) is 0 Å². The van der Waals surface area contributed by atoms with Crippen molar-refractivity contribution in [3.8, 4) is 0 Å². The zero-order chi connectivity index (χ0) is 9.30. The lowest BCUT2D eigenvalue weighted by Gasteiger charge is -2.39. The number of rotatable bonds is 1. The Labute approximate surface area is 71.8 Å². The van der Waals surface area contributed by atoms with Crippen LogP contribution in [-0.2, 0) is 4.74 Å². The Morgan fingerprint density at radius 1 is 1.17 bits per heavy atom. The SMILES string of the molecule is CC[C@@H]1OC(O)[C@@H](O)[C@H](C)[C@H]1O. The van der Waals surface area contributed by atoms with Gasteiger partial charge in [0, 0.05) is 5.92 Å². The highest BCUT2D eigenvalue weighted by Gasteiger charge is 2.40. The van der Waals surface area contributed by atoms with Crippen LogP contribution in [0, 0.1) is 5.92 Å². The van der Waals surface area contributed by atoms with Gasteiger partial charge in [-0.1, -0.05) is 13.8 Å². The Morgan fingerprint density at radius 2 is 1.75 bits per heavy atom. The second-order valence-corrected chi connectivity index (χ2v) is 3.31. The van der Waals surface area contributed by atoms with E-state index in [-0.39, 0.29) is 12.0 Å². The third-order valence-electron chi connectivity index (χ3n) is 2.47. The largest absolute Gasteiger partial charge is 0.390 e. The summed E-state index contributed by atoms with van der Waals surface area (Å²) in [6.45, 7) is 3.56. The Hall–Kier alpha value is -0.160. The van der Waals surface area contributed by atoms with Gasteiger partial charge in [-0.2, -0.15) is 0 Å². The molecule has 72 valence electrons. The van der Waals surface area contributed by atoms with Crippen molar-refractivity contribution in [2.75, 3.05) is 0 Å². The molecule has 0 aliphatic carbocycles. The van der Waals surface area contributed by atoms with E-state index in [2.05, 4.69) is 0 Å². The molecule has 1 fully saturated rings. The summed E-state index contributed by atoms with van der Waals surface area (Å²) in [5, 5.41) is 28.0. The molecule has 4 nitrogen and oxygen atoms in total. The van der Waals surface area contributed by atoms with Gasteiger partial charge >= 0.3 is 0 Å². The second-order valence-electron chi connectivity index (χ2n) is 3.31. The van der Waals surface area contributed by atoms with Crippen molar-refractivity contribution >= 4 is 0 Å². The van der Waals surface area contributed by atoms with E-state index in [0.717, 1.165) is 0 Å². The molecule has 0 radical (unpaired) electrons. The number of hydrogen-bond donors (Lipinski definition) is 3. The maximum absolute atomic E-state index is 9.53. The van der Waals surface area contributed by atoms with E-state index in [9.17, 15) is 15.3 Å². The Kier molecular flexibility index (Phi) is 3.06. The van der Waals surface area contributed by atoms with E-state index in [4.69, 9.17) is 4.74 Å². The van der Waals surface area contributed by atoms with Gasteiger partial charge in [-0.15, -0.1) is 0 Å². The van der Waals surface area contributed by atoms with Crippen molar-refractivity contribution in [1.82, 2.24) is 0 Å². The first-order valence-corrected chi connectivity index (χ1v) is 4.27. The van der Waals surface area contributed by atoms with Gasteiger partial charge in [-0.25, -0.2) is 0 Å². The summed E-state index contributed by atoms with van der Waals surface area (Å²) in [7, 11) is 0. The molecular formula is C8H16O4. The number of ether oxygens (including phenoxy) is 1. The quantitative estimate of drug-likeness (QED) is 0.502. The topological polar surface area (TPSA) is 69.9 Å². The molecule has 0 aromatic carbocycles. The molecule has 1 saturated heterocycles. The van der Waals surface area contributed by atoms with E-state index >= 15 is 0 Å². The molecule has 0 bridgehead atoms. The third-order valence-corrected chi connectivity index (χ3v) is 2.47. The number of hydrogen-bond acceptors (Lipinski definition) is 4. The number of aliphatic hydroxyl groups is 3. The summed E-state index contributed by atoms with van der Waals surface area (Å²) in [5.41, 5.74) is 0. The van der Waals surface area contributed by atoms with Crippen LogP contribution in [0.15, 0.2) is 0 Å². The first-order chi connectivity index (χ1) is 5.57. The van der Waals surface area contributed by atoms with Crippen molar-refractivity contribution in [3.05, 3.63) is 0 Å². The first kappa shape index (κ1) is 9.92. The molecule has 1 unspecified atom stereocenters. The Balaban J connectivity index is 2.63. The molecule has 5 atom stereocenters. The lowest BCUT2D eigenvalue weighted by Crippen LogP contribution is -2.52. The van der Waals surface area contributed by atoms with Crippen LogP contribution >= 0.6 is 0 Å². The fraction of sp³-hybridized carbons (Fsp3) is 1.00. The van der Waals surface area contributed by atoms with Gasteiger partial charge in [0.25, 0.3) is 0 Å². The van der Waals surface area contributed by atoms with E-state index in [1.54, 1.807) is 6.92 Å². The molecule has 1 rings (SSSR count). The van der Waals surface area contributed by atoms with Crippen LogP contribution in [-0.4, -0.2) is 39.9 Å². The van der Waals surface area contributed by atoms with Gasteiger partial charge in [0.15, 0.2) is 6.29 Å². The van der Waals surface area contributed by atoms with Crippen LogP contribution in [0.1, 0.15) is 20.3 Å². The summed E-state index contributed by atoms with van der Waals surface area (Å²) in [4.78, 5) is 0. The fourth-order valence-electron chi connectivity index (χ4n) is 1.48. The van der Waals surface area contributed by atoms with Crippen LogP contribution < -0.4 is 0 Å². The van der Waals surface area contributed by atoms with E-state index in [1.807, 2.05) is 6.92 Å². The minimum Gasteiger partial charge on any atom is -0.390 e. The van der Waals surface area contributed by atoms with Crippen LogP contribution in [0.3, 0.4) is 0 Å². The van der Waals surface area contributed by atoms with Gasteiger partial charge in [0.1, 0.15) is 6.10 Å². The molecule has 0 aromatic rings. The predicted octanol–water partition coefficient (Wildman–Crippen LogP) is -0.529. The molecule has 4 heteroatoms. The van der Waals surface area contributed by atoms with Gasteiger partial charge in [0.2, 0.25) is 0 Å². The molecule has 0 aromatic heterocycles. The molecule has 0 saturated carbocycles. The molecule has 0 spiro atoms. The number of aliphatic hydroxyl groups excluding tert-OH is 3. The zero-order valence-corrected chi connectivity index (χ0v) is 7.34. The summed E-state index contributed by atoms with van der Waals surface area (Å²) in [5.74, 6) is -0.335. The summed E-state index contributed by atoms with van der Waals surface area (Å²) in [6.07, 6.45) is -2.56. The summed E-state index contributed by atoms with van der Waals surface area (Å²) < 4.78 is 4.99. The normalized spacial score (nSPS) is 49.2. The van der Waals surface area contributed by atoms with Gasteiger partial charge in [0.05, 0.1) is 12.2 Å². The van der Waals surface area contributed by atoms with Crippen LogP contribution in [0.5, 0.6) is 0 Å². The minimum absolute atomic E-state index is 0.335. The highest BCUT2D eigenvalue weighted by atomic mass is 16.6. The van der Waals surface area contributed by atoms with Crippen LogP contribution in [0.2, 0.25) is 0 Å². The molecule has 1 heterocycles. The molecule has 0 amide bonds. The minimum atomic E-state index is -1.16. The molecule has 3 N–H and O–H groups in total. The van der Waals surface area contributed by atoms with Gasteiger partial charge in [-0.05, 0) is 6.42 Å². The fourth-order valence-corrected chi connectivity index (χ4v) is 1.48. The Bertz CT molecular complexity index is 145. The molecule has 1 aliphatic rings. The molecule has 1 aliphatic heterocycles.